The van der Waals surface area contributed by atoms with Crippen LogP contribution in [0.5, 0.6) is 0 Å². The number of nitrogens with two attached hydrogens (primary N) is 1. The molecule has 2 heterocycles. The number of benzene rings is 1. The molecular weight excluding hydrogens is 328 g/mol. The largest absolute Gasteiger partial charge is 0.334 e. The lowest BCUT2D eigenvalue weighted by Gasteiger charge is -2.22. The average Bonchev–Trinajstić information content (AvgIpc) is 3.22. The van der Waals surface area contributed by atoms with Crippen molar-refractivity contribution in [3.05, 3.63) is 42.2 Å². The van der Waals surface area contributed by atoms with E-state index in [0.717, 1.165) is 19.1 Å². The number of aromatic nitrogens is 2. The van der Waals surface area contributed by atoms with Gasteiger partial charge in [-0.15, -0.1) is 0 Å². The minimum Gasteiger partial charge on any atom is -0.334 e. The first-order valence-electron chi connectivity index (χ1n) is 7.77. The molecular formula is C16H20N4O3S. The molecule has 3 rings (SSSR count). The number of para-hydroxylation sites is 1. The fourth-order valence-electron chi connectivity index (χ4n) is 3.04. The summed E-state index contributed by atoms with van der Waals surface area (Å²) in [6.45, 7) is 1.13. The number of carbonyl (C=O) groups excluding carboxylic acids is 1. The molecule has 0 bridgehead atoms. The maximum absolute atomic E-state index is 12.6. The molecule has 1 atom stereocenters. The third-order valence-electron chi connectivity index (χ3n) is 4.25. The fraction of sp³-hybridized carbons (Fsp3) is 0.375. The standard InChI is InChI=1S/C16H20N4O3S/c1-24(22,23)15-7-3-2-6-14(15)20-11-12(10-18-20)16(21)19-8-4-5-13(19)9-17/h2-3,6-7,10-11,13H,4-5,8-9,17H2,1H3. The Morgan fingerprint density at radius 3 is 2.83 bits per heavy atom. The van der Waals surface area contributed by atoms with Crippen molar-refractivity contribution in [3.8, 4) is 5.69 Å². The highest BCUT2D eigenvalue weighted by molar-refractivity contribution is 7.90. The van der Waals surface area contributed by atoms with Gasteiger partial charge in [-0.3, -0.25) is 4.79 Å². The van der Waals surface area contributed by atoms with Crippen LogP contribution in [0.2, 0.25) is 0 Å². The summed E-state index contributed by atoms with van der Waals surface area (Å²) >= 11 is 0. The van der Waals surface area contributed by atoms with Gasteiger partial charge < -0.3 is 10.6 Å². The summed E-state index contributed by atoms with van der Waals surface area (Å²) in [6, 6.07) is 6.64. The molecule has 7 nitrogen and oxygen atoms in total. The van der Waals surface area contributed by atoms with E-state index in [1.807, 2.05) is 0 Å². The van der Waals surface area contributed by atoms with Gasteiger partial charge >= 0.3 is 0 Å². The summed E-state index contributed by atoms with van der Waals surface area (Å²) in [5.41, 5.74) is 6.58. The molecule has 0 spiro atoms. The summed E-state index contributed by atoms with van der Waals surface area (Å²) in [4.78, 5) is 14.6. The normalized spacial score (nSPS) is 18.1. The predicted molar refractivity (Wildman–Crippen MR) is 89.8 cm³/mol. The van der Waals surface area contributed by atoms with Crippen LogP contribution in [0.25, 0.3) is 5.69 Å². The van der Waals surface area contributed by atoms with Crippen molar-refractivity contribution in [2.75, 3.05) is 19.3 Å². The zero-order valence-corrected chi connectivity index (χ0v) is 14.2. The van der Waals surface area contributed by atoms with Gasteiger partial charge in [-0.2, -0.15) is 5.10 Å². The molecule has 1 aromatic heterocycles. The van der Waals surface area contributed by atoms with Crippen LogP contribution in [0.15, 0.2) is 41.6 Å². The second-order valence-corrected chi connectivity index (χ2v) is 7.93. The van der Waals surface area contributed by atoms with Crippen molar-refractivity contribution < 1.29 is 13.2 Å². The molecule has 128 valence electrons. The van der Waals surface area contributed by atoms with Crippen molar-refractivity contribution in [1.82, 2.24) is 14.7 Å². The van der Waals surface area contributed by atoms with Gasteiger partial charge in [-0.05, 0) is 25.0 Å². The van der Waals surface area contributed by atoms with Crippen molar-refractivity contribution in [3.63, 3.8) is 0 Å². The van der Waals surface area contributed by atoms with E-state index in [4.69, 9.17) is 5.73 Å². The highest BCUT2D eigenvalue weighted by Crippen LogP contribution is 2.22. The van der Waals surface area contributed by atoms with Crippen molar-refractivity contribution in [2.24, 2.45) is 5.73 Å². The van der Waals surface area contributed by atoms with Crippen LogP contribution in [0.4, 0.5) is 0 Å². The summed E-state index contributed by atoms with van der Waals surface area (Å²) in [6.07, 6.45) is 6.04. The van der Waals surface area contributed by atoms with E-state index in [2.05, 4.69) is 5.10 Å². The van der Waals surface area contributed by atoms with Gasteiger partial charge in [0.1, 0.15) is 0 Å². The van der Waals surface area contributed by atoms with Crippen LogP contribution in [0.3, 0.4) is 0 Å². The van der Waals surface area contributed by atoms with E-state index in [1.54, 1.807) is 29.3 Å². The van der Waals surface area contributed by atoms with Crippen LogP contribution in [0, 0.1) is 0 Å². The monoisotopic (exact) mass is 348 g/mol. The minimum atomic E-state index is -3.39. The molecule has 2 N–H and O–H groups in total. The van der Waals surface area contributed by atoms with E-state index < -0.39 is 9.84 Å². The number of hydrogen-bond acceptors (Lipinski definition) is 5. The van der Waals surface area contributed by atoms with Gasteiger partial charge in [0.15, 0.2) is 9.84 Å². The number of amides is 1. The zero-order valence-electron chi connectivity index (χ0n) is 13.4. The quantitative estimate of drug-likeness (QED) is 0.883. The predicted octanol–water partition coefficient (Wildman–Crippen LogP) is 0.839. The Morgan fingerprint density at radius 2 is 2.12 bits per heavy atom. The van der Waals surface area contributed by atoms with Crippen LogP contribution < -0.4 is 5.73 Å². The van der Waals surface area contributed by atoms with Gasteiger partial charge in [0.2, 0.25) is 0 Å². The fourth-order valence-corrected chi connectivity index (χ4v) is 3.91. The Kier molecular flexibility index (Phi) is 4.42. The third-order valence-corrected chi connectivity index (χ3v) is 5.40. The molecule has 1 fully saturated rings. The smallest absolute Gasteiger partial charge is 0.257 e. The van der Waals surface area contributed by atoms with Crippen LogP contribution in [-0.4, -0.2) is 54.4 Å². The summed E-state index contributed by atoms with van der Waals surface area (Å²) in [7, 11) is -3.39. The maximum atomic E-state index is 12.6. The molecule has 1 unspecified atom stereocenters. The maximum Gasteiger partial charge on any atom is 0.257 e. The van der Waals surface area contributed by atoms with Gasteiger partial charge in [-0.1, -0.05) is 12.1 Å². The minimum absolute atomic E-state index is 0.0594. The van der Waals surface area contributed by atoms with Gasteiger partial charge in [-0.25, -0.2) is 13.1 Å². The molecule has 1 aliphatic heterocycles. The highest BCUT2D eigenvalue weighted by Gasteiger charge is 2.29. The number of carbonyl (C=O) groups is 1. The summed E-state index contributed by atoms with van der Waals surface area (Å²) in [5.74, 6) is -0.119. The lowest BCUT2D eigenvalue weighted by Crippen LogP contribution is -2.39. The third kappa shape index (κ3) is 3.07. The SMILES string of the molecule is CS(=O)(=O)c1ccccc1-n1cc(C(=O)N2CCCC2CN)cn1. The number of sulfone groups is 1. The van der Waals surface area contributed by atoms with Crippen molar-refractivity contribution in [1.29, 1.82) is 0 Å². The molecule has 1 amide bonds. The second kappa shape index (κ2) is 6.37. The number of hydrogen-bond donors (Lipinski definition) is 1. The van der Waals surface area contributed by atoms with E-state index >= 15 is 0 Å². The summed E-state index contributed by atoms with van der Waals surface area (Å²) < 4.78 is 25.3. The number of likely N-dealkylation sites (tertiary alicyclic amines) is 1. The molecule has 1 aromatic carbocycles. The number of nitrogens with zero attached hydrogens (tertiary/aromatic N) is 3. The van der Waals surface area contributed by atoms with E-state index in [1.165, 1.54) is 16.9 Å². The molecule has 1 saturated heterocycles. The first kappa shape index (κ1) is 16.7. The Balaban J connectivity index is 1.94. The molecule has 2 aromatic rings. The molecule has 1 aliphatic rings. The van der Waals surface area contributed by atoms with Gasteiger partial charge in [0, 0.05) is 31.6 Å². The van der Waals surface area contributed by atoms with E-state index in [0.29, 0.717) is 24.3 Å². The van der Waals surface area contributed by atoms with Crippen LogP contribution in [-0.2, 0) is 9.84 Å². The van der Waals surface area contributed by atoms with Crippen LogP contribution >= 0.6 is 0 Å². The van der Waals surface area contributed by atoms with Crippen molar-refractivity contribution >= 4 is 15.7 Å². The molecule has 24 heavy (non-hydrogen) atoms. The van der Waals surface area contributed by atoms with Gasteiger partial charge in [0.25, 0.3) is 5.91 Å². The lowest BCUT2D eigenvalue weighted by molar-refractivity contribution is 0.0741. The van der Waals surface area contributed by atoms with Crippen molar-refractivity contribution in [2.45, 2.75) is 23.8 Å². The molecule has 0 radical (unpaired) electrons. The van der Waals surface area contributed by atoms with Crippen LogP contribution in [0.1, 0.15) is 23.2 Å². The Labute approximate surface area is 141 Å². The summed E-state index contributed by atoms with van der Waals surface area (Å²) in [5, 5.41) is 4.18. The van der Waals surface area contributed by atoms with E-state index in [-0.39, 0.29) is 16.8 Å². The Bertz CT molecular complexity index is 860. The molecule has 0 saturated carbocycles. The second-order valence-electron chi connectivity index (χ2n) is 5.94. The zero-order chi connectivity index (χ0) is 17.3. The Morgan fingerprint density at radius 1 is 1.38 bits per heavy atom. The average molecular weight is 348 g/mol. The molecule has 0 aliphatic carbocycles. The molecule has 8 heteroatoms. The highest BCUT2D eigenvalue weighted by atomic mass is 32.2. The first-order chi connectivity index (χ1) is 11.4. The number of rotatable bonds is 4. The Hall–Kier alpha value is -2.19. The first-order valence-corrected chi connectivity index (χ1v) is 9.66. The van der Waals surface area contributed by atoms with E-state index in [9.17, 15) is 13.2 Å². The topological polar surface area (TPSA) is 98.3 Å². The van der Waals surface area contributed by atoms with Gasteiger partial charge in [0.05, 0.1) is 22.3 Å². The lowest BCUT2D eigenvalue weighted by atomic mass is 10.2.